The summed E-state index contributed by atoms with van der Waals surface area (Å²) >= 11 is 0. The van der Waals surface area contributed by atoms with Crippen LogP contribution in [-0.2, 0) is 0 Å². The Hall–Kier alpha value is -3.20. The molecule has 0 amide bonds. The fraction of sp³-hybridized carbons (Fsp3) is 0.500. The van der Waals surface area contributed by atoms with E-state index in [0.717, 1.165) is 37.6 Å². The van der Waals surface area contributed by atoms with Gasteiger partial charge in [-0.3, -0.25) is 0 Å². The summed E-state index contributed by atoms with van der Waals surface area (Å²) in [4.78, 5) is 0. The Labute approximate surface area is 205 Å². The van der Waals surface area contributed by atoms with Crippen molar-refractivity contribution in [1.29, 1.82) is 5.26 Å². The first kappa shape index (κ1) is 28.8. The predicted octanol–water partition coefficient (Wildman–Crippen LogP) is 7.04. The summed E-state index contributed by atoms with van der Waals surface area (Å²) < 4.78 is 11.2. The zero-order chi connectivity index (χ0) is 24.9. The lowest BCUT2D eigenvalue weighted by Crippen LogP contribution is -2.12. The standard InChI is InChI=1S/C14H22N2O2.C14H19NO/c1-2-3-4-5-6-11-18-13-9-7-12(8-10-13)14(15)16-17;1-2-3-4-5-6-11-16-14-9-7-13(12-15)8-10-14/h7-10,17H,2-6,11H2,1H3,(H2,15,16);7-10H,2-6,11H2,1H3. The molecule has 2 rings (SSSR count). The van der Waals surface area contributed by atoms with E-state index >= 15 is 0 Å². The fourth-order valence-electron chi connectivity index (χ4n) is 3.20. The molecular weight excluding hydrogens is 426 g/mol. The van der Waals surface area contributed by atoms with Gasteiger partial charge in [-0.15, -0.1) is 0 Å². The SMILES string of the molecule is CCCCCCCOc1ccc(/C(N)=N/O)cc1.CCCCCCCOc1ccc(C#N)cc1. The van der Waals surface area contributed by atoms with Crippen molar-refractivity contribution in [2.24, 2.45) is 10.9 Å². The van der Waals surface area contributed by atoms with Crippen LogP contribution >= 0.6 is 0 Å². The van der Waals surface area contributed by atoms with Crippen molar-refractivity contribution >= 4 is 5.84 Å². The summed E-state index contributed by atoms with van der Waals surface area (Å²) in [5, 5.41) is 20.1. The zero-order valence-corrected chi connectivity index (χ0v) is 20.8. The van der Waals surface area contributed by atoms with Crippen LogP contribution in [0.1, 0.15) is 89.2 Å². The Morgan fingerprint density at radius 1 is 0.765 bits per heavy atom. The van der Waals surface area contributed by atoms with E-state index in [2.05, 4.69) is 25.1 Å². The van der Waals surface area contributed by atoms with Crippen LogP contribution in [0, 0.1) is 11.3 Å². The van der Waals surface area contributed by atoms with Crippen molar-refractivity contribution in [2.45, 2.75) is 78.1 Å². The first-order chi connectivity index (χ1) is 16.6. The molecule has 0 saturated heterocycles. The number of benzene rings is 2. The van der Waals surface area contributed by atoms with Crippen LogP contribution in [0.4, 0.5) is 0 Å². The molecule has 0 saturated carbocycles. The van der Waals surface area contributed by atoms with Gasteiger partial charge in [0.2, 0.25) is 0 Å². The second-order valence-corrected chi connectivity index (χ2v) is 8.17. The van der Waals surface area contributed by atoms with E-state index in [1.165, 1.54) is 51.4 Å². The molecule has 0 aliphatic heterocycles. The van der Waals surface area contributed by atoms with Gasteiger partial charge in [0.1, 0.15) is 11.5 Å². The maximum Gasteiger partial charge on any atom is 0.170 e. The van der Waals surface area contributed by atoms with E-state index < -0.39 is 0 Å². The van der Waals surface area contributed by atoms with Gasteiger partial charge in [-0.2, -0.15) is 5.26 Å². The van der Waals surface area contributed by atoms with E-state index in [0.29, 0.717) is 11.1 Å². The molecule has 2 aromatic carbocycles. The molecule has 6 heteroatoms. The van der Waals surface area contributed by atoms with Crippen molar-refractivity contribution in [3.05, 3.63) is 59.7 Å². The molecule has 0 aromatic heterocycles. The number of nitrogens with two attached hydrogens (primary N) is 1. The summed E-state index contributed by atoms with van der Waals surface area (Å²) in [6.07, 6.45) is 12.4. The number of hydrogen-bond donors (Lipinski definition) is 2. The molecule has 0 bridgehead atoms. The smallest absolute Gasteiger partial charge is 0.170 e. The van der Waals surface area contributed by atoms with E-state index in [-0.39, 0.29) is 5.84 Å². The van der Waals surface area contributed by atoms with Gasteiger partial charge in [0, 0.05) is 5.56 Å². The lowest BCUT2D eigenvalue weighted by molar-refractivity contribution is 0.304. The number of nitriles is 1. The molecule has 0 heterocycles. The van der Waals surface area contributed by atoms with Gasteiger partial charge in [0.05, 0.1) is 24.8 Å². The Balaban J connectivity index is 0.000000342. The number of nitrogens with zero attached hydrogens (tertiary/aromatic N) is 2. The Morgan fingerprint density at radius 2 is 1.21 bits per heavy atom. The Morgan fingerprint density at radius 3 is 1.62 bits per heavy atom. The van der Waals surface area contributed by atoms with Crippen LogP contribution in [0.2, 0.25) is 0 Å². The lowest BCUT2D eigenvalue weighted by atomic mass is 10.2. The molecule has 2 aromatic rings. The van der Waals surface area contributed by atoms with Crippen LogP contribution in [0.3, 0.4) is 0 Å². The second kappa shape index (κ2) is 19.3. The molecule has 0 aliphatic rings. The first-order valence-corrected chi connectivity index (χ1v) is 12.5. The molecule has 0 atom stereocenters. The molecule has 0 spiro atoms. The van der Waals surface area contributed by atoms with Gasteiger partial charge in [0.25, 0.3) is 0 Å². The van der Waals surface area contributed by atoms with Gasteiger partial charge in [-0.25, -0.2) is 0 Å². The fourth-order valence-corrected chi connectivity index (χ4v) is 3.20. The number of ether oxygens (including phenoxy) is 2. The van der Waals surface area contributed by atoms with Gasteiger partial charge in [-0.1, -0.05) is 70.4 Å². The van der Waals surface area contributed by atoms with E-state index in [1.54, 1.807) is 24.3 Å². The zero-order valence-electron chi connectivity index (χ0n) is 20.8. The van der Waals surface area contributed by atoms with Crippen LogP contribution in [0.15, 0.2) is 53.7 Å². The molecule has 0 unspecified atom stereocenters. The average molecular weight is 468 g/mol. The maximum absolute atomic E-state index is 8.63. The number of oxime groups is 1. The summed E-state index contributed by atoms with van der Waals surface area (Å²) in [6.45, 7) is 5.94. The third-order valence-corrected chi connectivity index (χ3v) is 5.27. The van der Waals surface area contributed by atoms with Crippen molar-refractivity contribution in [3.63, 3.8) is 0 Å². The highest BCUT2D eigenvalue weighted by Gasteiger charge is 2.00. The minimum Gasteiger partial charge on any atom is -0.494 e. The highest BCUT2D eigenvalue weighted by molar-refractivity contribution is 5.97. The Bertz CT molecular complexity index is 827. The molecule has 0 aliphatic carbocycles. The van der Waals surface area contributed by atoms with Gasteiger partial charge < -0.3 is 20.4 Å². The lowest BCUT2D eigenvalue weighted by Gasteiger charge is -2.06. The molecule has 186 valence electrons. The Kier molecular flexibility index (Phi) is 16.4. The highest BCUT2D eigenvalue weighted by Crippen LogP contribution is 2.14. The quantitative estimate of drug-likeness (QED) is 0.0962. The molecule has 6 nitrogen and oxygen atoms in total. The minimum absolute atomic E-state index is 0.112. The van der Waals surface area contributed by atoms with Crippen molar-refractivity contribution in [2.75, 3.05) is 13.2 Å². The third-order valence-electron chi connectivity index (χ3n) is 5.27. The van der Waals surface area contributed by atoms with Crippen molar-refractivity contribution < 1.29 is 14.7 Å². The van der Waals surface area contributed by atoms with Crippen LogP contribution in [0.5, 0.6) is 11.5 Å². The molecule has 3 N–H and O–H groups in total. The molecular formula is C28H41N3O3. The van der Waals surface area contributed by atoms with E-state index in [9.17, 15) is 0 Å². The summed E-state index contributed by atoms with van der Waals surface area (Å²) in [5.41, 5.74) is 6.84. The predicted molar refractivity (Wildman–Crippen MR) is 139 cm³/mol. The molecule has 0 fully saturated rings. The van der Waals surface area contributed by atoms with E-state index in [1.807, 2.05) is 24.3 Å². The highest BCUT2D eigenvalue weighted by atomic mass is 16.5. The number of amidine groups is 1. The van der Waals surface area contributed by atoms with Gasteiger partial charge >= 0.3 is 0 Å². The van der Waals surface area contributed by atoms with Crippen molar-refractivity contribution in [1.82, 2.24) is 0 Å². The minimum atomic E-state index is 0.112. The second-order valence-electron chi connectivity index (χ2n) is 8.17. The largest absolute Gasteiger partial charge is 0.494 e. The monoisotopic (exact) mass is 467 g/mol. The number of hydrogen-bond acceptors (Lipinski definition) is 5. The van der Waals surface area contributed by atoms with Gasteiger partial charge in [-0.05, 0) is 61.4 Å². The normalized spacial score (nSPS) is 10.7. The van der Waals surface area contributed by atoms with E-state index in [4.69, 9.17) is 25.7 Å². The van der Waals surface area contributed by atoms with Crippen LogP contribution < -0.4 is 15.2 Å². The number of unbranched alkanes of at least 4 members (excludes halogenated alkanes) is 8. The third kappa shape index (κ3) is 13.4. The summed E-state index contributed by atoms with van der Waals surface area (Å²) in [5.74, 6) is 1.79. The maximum atomic E-state index is 8.63. The molecule has 0 radical (unpaired) electrons. The van der Waals surface area contributed by atoms with Crippen LogP contribution in [0.25, 0.3) is 0 Å². The average Bonchev–Trinajstić information content (AvgIpc) is 2.89. The summed E-state index contributed by atoms with van der Waals surface area (Å²) in [6, 6.07) is 16.6. The summed E-state index contributed by atoms with van der Waals surface area (Å²) in [7, 11) is 0. The topological polar surface area (TPSA) is 101 Å². The van der Waals surface area contributed by atoms with Crippen molar-refractivity contribution in [3.8, 4) is 17.6 Å². The van der Waals surface area contributed by atoms with Gasteiger partial charge in [0.15, 0.2) is 5.84 Å². The first-order valence-electron chi connectivity index (χ1n) is 12.5. The number of rotatable bonds is 15. The molecule has 34 heavy (non-hydrogen) atoms. The van der Waals surface area contributed by atoms with Crippen LogP contribution in [-0.4, -0.2) is 24.3 Å².